The first-order valence-electron chi connectivity index (χ1n) is 0.258. The molecule has 0 spiro atoms. The molecule has 0 aliphatic rings. The van der Waals surface area contributed by atoms with E-state index in [0.29, 0.717) is 0 Å². The van der Waals surface area contributed by atoms with E-state index in [9.17, 15) is 0 Å². The Morgan fingerprint density at radius 2 is 1.00 bits per heavy atom. The second kappa shape index (κ2) is 466. The summed E-state index contributed by atoms with van der Waals surface area (Å²) in [5.41, 5.74) is 10.0. The van der Waals surface area contributed by atoms with Crippen LogP contribution in [0.15, 0.2) is 0 Å². The standard InChI is InChI=1S/2ClH.H2N2/c;;1-2/h2*1H;1H2/p-2. The molecule has 0 aromatic heterocycles. The maximum atomic E-state index is 6.50. The SMILES string of the molecule is [Cl-].[Cl-].[N-]=[NH2+]. The Hall–Kier alpha value is 0.180. The van der Waals surface area contributed by atoms with E-state index in [2.05, 4.69) is 5.53 Å². The summed E-state index contributed by atoms with van der Waals surface area (Å²) in [6.45, 7) is 0. The summed E-state index contributed by atoms with van der Waals surface area (Å²) in [7, 11) is 0. The van der Waals surface area contributed by atoms with Crippen LogP contribution in [-0.2, 0) is 0 Å². The maximum absolute atomic E-state index is 6.50. The van der Waals surface area contributed by atoms with Crippen LogP contribution in [0.1, 0.15) is 0 Å². The molecule has 4 heavy (non-hydrogen) atoms. The summed E-state index contributed by atoms with van der Waals surface area (Å²) in [4.78, 5) is 0. The van der Waals surface area contributed by atoms with Crippen LogP contribution in [0.25, 0.3) is 5.53 Å². The van der Waals surface area contributed by atoms with E-state index in [4.69, 9.17) is 5.53 Å². The van der Waals surface area contributed by atoms with Crippen molar-refractivity contribution in [1.29, 1.82) is 0 Å². The third-order valence-corrected chi connectivity index (χ3v) is 0. The molecule has 0 rings (SSSR count). The van der Waals surface area contributed by atoms with Crippen molar-refractivity contribution in [1.82, 2.24) is 0 Å². The molecule has 0 aromatic carbocycles. The monoisotopic (exact) mass is 100.0 g/mol. The Balaban J connectivity index is -0.00000000500. The summed E-state index contributed by atoms with van der Waals surface area (Å²) in [6, 6.07) is 0. The minimum absolute atomic E-state index is 0. The van der Waals surface area contributed by atoms with Gasteiger partial charge in [0.05, 0.1) is 0 Å². The number of hydrogen-bond acceptors (Lipinski definition) is 0. The molecular weight excluding hydrogens is 98.9 g/mol. The van der Waals surface area contributed by atoms with Gasteiger partial charge in [0.15, 0.2) is 0 Å². The first-order chi connectivity index (χ1) is 1.00. The molecule has 0 radical (unpaired) electrons. The van der Waals surface area contributed by atoms with Crippen LogP contribution >= 0.6 is 0 Å². The van der Waals surface area contributed by atoms with Crippen LogP contribution < -0.4 is 30.3 Å². The average molecular weight is 101 g/mol. The molecule has 4 heteroatoms. The highest BCUT2D eigenvalue weighted by Crippen LogP contribution is 0.493. The van der Waals surface area contributed by atoms with Crippen LogP contribution in [0, 0.1) is 0 Å². The van der Waals surface area contributed by atoms with E-state index in [-0.39, 0.29) is 24.8 Å². The van der Waals surface area contributed by atoms with Crippen molar-refractivity contribution in [3.05, 3.63) is 5.53 Å². The number of nitrogens with zero attached hydrogens (tertiary/aromatic N) is 1. The van der Waals surface area contributed by atoms with Gasteiger partial charge in [-0.3, -0.25) is 0 Å². The summed E-state index contributed by atoms with van der Waals surface area (Å²) < 4.78 is 0. The van der Waals surface area contributed by atoms with E-state index in [1.807, 2.05) is 0 Å². The topological polar surface area (TPSA) is 47.9 Å². The van der Waals surface area contributed by atoms with Gasteiger partial charge >= 0.3 is 0 Å². The molecule has 0 aliphatic carbocycles. The Kier molecular flexibility index (Phi) is 3540. The lowest BCUT2D eigenvalue weighted by molar-refractivity contribution is -0.143. The molecule has 0 aromatic rings. The molecule has 0 atom stereocenters. The molecule has 0 saturated carbocycles. The zero-order valence-corrected chi connectivity index (χ0v) is 3.29. The fourth-order valence-corrected chi connectivity index (χ4v) is 0. The summed E-state index contributed by atoms with van der Waals surface area (Å²) >= 11 is 0. The second-order valence-corrected chi connectivity index (χ2v) is 0. The molecule has 2 N–H and O–H groups in total. The van der Waals surface area contributed by atoms with Gasteiger partial charge in [0.2, 0.25) is 0 Å². The first-order valence-corrected chi connectivity index (χ1v) is 0.258. The van der Waals surface area contributed by atoms with Crippen molar-refractivity contribution in [2.75, 3.05) is 0 Å². The lowest BCUT2D eigenvalue weighted by Crippen LogP contribution is -3.00. The van der Waals surface area contributed by atoms with E-state index >= 15 is 0 Å². The fraction of sp³-hybridized carbons (Fsp3) is 0. The lowest BCUT2D eigenvalue weighted by atomic mass is 13.3. The van der Waals surface area contributed by atoms with E-state index in [1.54, 1.807) is 0 Å². The van der Waals surface area contributed by atoms with Crippen molar-refractivity contribution in [3.63, 3.8) is 0 Å². The van der Waals surface area contributed by atoms with Crippen molar-refractivity contribution in [2.24, 2.45) is 0 Å². The van der Waals surface area contributed by atoms with Crippen molar-refractivity contribution >= 4 is 0 Å². The van der Waals surface area contributed by atoms with Gasteiger partial charge in [-0.25, -0.2) is 0 Å². The average Bonchev–Trinajstić information content (AvgIpc) is 1.00. The molecule has 0 amide bonds. The highest BCUT2D eigenvalue weighted by atomic mass is 35.5. The summed E-state index contributed by atoms with van der Waals surface area (Å²) in [5.74, 6) is 0. The molecule has 0 unspecified atom stereocenters. The van der Waals surface area contributed by atoms with Gasteiger partial charge < -0.3 is 35.9 Å². The van der Waals surface area contributed by atoms with Crippen molar-refractivity contribution in [3.8, 4) is 0 Å². The predicted molar refractivity (Wildman–Crippen MR) is 5.28 cm³/mol. The highest BCUT2D eigenvalue weighted by Gasteiger charge is 0.282. The van der Waals surface area contributed by atoms with Crippen LogP contribution in [0.5, 0.6) is 0 Å². The molecule has 0 bridgehead atoms. The number of hydrogen-bond donors (Lipinski definition) is 1. The van der Waals surface area contributed by atoms with Gasteiger partial charge in [-0.05, 0) is 0 Å². The Morgan fingerprint density at radius 3 is 1.00 bits per heavy atom. The minimum Gasteiger partial charge on any atom is -1.00 e. The van der Waals surface area contributed by atoms with Crippen molar-refractivity contribution < 1.29 is 30.3 Å². The lowest BCUT2D eigenvalue weighted by Gasteiger charge is -1.14. The third kappa shape index (κ3) is 93.7. The zero-order valence-electron chi connectivity index (χ0n) is 1.78. The minimum atomic E-state index is 0. The van der Waals surface area contributed by atoms with Gasteiger partial charge in [0.1, 0.15) is 0 Å². The molecule has 0 aliphatic heterocycles. The first kappa shape index (κ1) is 30.4. The van der Waals surface area contributed by atoms with Crippen LogP contribution in [0.3, 0.4) is 0 Å². The predicted octanol–water partition coefficient (Wildman–Crippen LogP) is -7.22. The zero-order chi connectivity index (χ0) is 2.00. The third-order valence-electron chi connectivity index (χ3n) is 0. The summed E-state index contributed by atoms with van der Waals surface area (Å²) in [5, 5.41) is 0. The van der Waals surface area contributed by atoms with Gasteiger partial charge in [-0.2, -0.15) is 0 Å². The fourth-order valence-electron chi connectivity index (χ4n) is 0. The van der Waals surface area contributed by atoms with E-state index in [0.717, 1.165) is 0 Å². The second-order valence-electron chi connectivity index (χ2n) is 0. The molecule has 28 valence electrons. The molecule has 2 nitrogen and oxygen atoms in total. The van der Waals surface area contributed by atoms with Gasteiger partial charge in [-0.1, -0.05) is 0 Å². The molecule has 0 fully saturated rings. The maximum Gasteiger partial charge on any atom is -0.349 e. The molecule has 0 saturated heterocycles. The van der Waals surface area contributed by atoms with Gasteiger partial charge in [0.25, 0.3) is 0 Å². The van der Waals surface area contributed by atoms with Gasteiger partial charge in [0, 0.05) is 0 Å². The van der Waals surface area contributed by atoms with E-state index < -0.39 is 0 Å². The van der Waals surface area contributed by atoms with Crippen molar-refractivity contribution in [2.45, 2.75) is 0 Å². The van der Waals surface area contributed by atoms with Gasteiger partial charge in [-0.15, -0.1) is 0 Å². The van der Waals surface area contributed by atoms with Crippen LogP contribution in [0.4, 0.5) is 0 Å². The normalized spacial score (nSPS) is 1.00. The van der Waals surface area contributed by atoms with Crippen LogP contribution in [0.2, 0.25) is 0 Å². The largest absolute Gasteiger partial charge is 1.00 e. The number of nitrogens with two attached hydrogens (primary N) is 1. The smallest absolute Gasteiger partial charge is 0.349 e. The Labute approximate surface area is 36.7 Å². The Bertz CT molecular complexity index is 4.00. The highest BCUT2D eigenvalue weighted by molar-refractivity contribution is 3.50. The van der Waals surface area contributed by atoms with Crippen LogP contribution in [-0.4, -0.2) is 0 Å². The Morgan fingerprint density at radius 1 is 1.00 bits per heavy atom. The number of rotatable bonds is 0. The number of halogens is 2. The van der Waals surface area contributed by atoms with E-state index in [1.165, 1.54) is 0 Å². The quantitative estimate of drug-likeness (QED) is 0.295. The molecule has 0 heterocycles. The molecular formula is H2Cl2N2-2. The summed E-state index contributed by atoms with van der Waals surface area (Å²) in [6.07, 6.45) is 0.